The van der Waals surface area contributed by atoms with E-state index in [2.05, 4.69) is 25.9 Å². The van der Waals surface area contributed by atoms with Gasteiger partial charge in [0, 0.05) is 17.6 Å². The Hall–Kier alpha value is -0.940. The Bertz CT molecular complexity index is 813. The fraction of sp³-hybridized carbons (Fsp3) is 0.533. The van der Waals surface area contributed by atoms with Gasteiger partial charge in [0.2, 0.25) is 5.28 Å². The Balaban J connectivity index is 2.08. The first-order valence-corrected chi connectivity index (χ1v) is 8.43. The summed E-state index contributed by atoms with van der Waals surface area (Å²) in [5.41, 5.74) is 1.89. The summed E-state index contributed by atoms with van der Waals surface area (Å²) in [5.74, 6) is 0. The first-order valence-electron chi connectivity index (χ1n) is 7.26. The zero-order valence-electron chi connectivity index (χ0n) is 11.7. The zero-order chi connectivity index (χ0) is 14.8. The van der Waals surface area contributed by atoms with Crippen LogP contribution in [0.5, 0.6) is 0 Å². The topological polar surface area (TPSA) is 47.8 Å². The van der Waals surface area contributed by atoms with E-state index in [0.29, 0.717) is 15.5 Å². The van der Waals surface area contributed by atoms with Crippen molar-refractivity contribution in [3.8, 4) is 0 Å². The highest BCUT2D eigenvalue weighted by molar-refractivity contribution is 9.10. The van der Waals surface area contributed by atoms with Crippen LogP contribution in [0.15, 0.2) is 15.5 Å². The Labute approximate surface area is 135 Å². The molecule has 2 aliphatic carbocycles. The zero-order valence-corrected chi connectivity index (χ0v) is 14.0. The highest BCUT2D eigenvalue weighted by Crippen LogP contribution is 2.63. The molecule has 0 N–H and O–H groups in total. The summed E-state index contributed by atoms with van der Waals surface area (Å²) < 4.78 is 2.49. The number of aromatic nitrogens is 3. The predicted molar refractivity (Wildman–Crippen MR) is 85.8 cm³/mol. The van der Waals surface area contributed by atoms with Crippen LogP contribution in [-0.2, 0) is 0 Å². The average molecular weight is 369 g/mol. The van der Waals surface area contributed by atoms with Gasteiger partial charge in [-0.25, -0.2) is 4.98 Å². The first kappa shape index (κ1) is 13.7. The minimum Gasteiger partial charge on any atom is -0.288 e. The van der Waals surface area contributed by atoms with Crippen molar-refractivity contribution >= 4 is 38.6 Å². The summed E-state index contributed by atoms with van der Waals surface area (Å²) >= 11 is 9.43. The van der Waals surface area contributed by atoms with Crippen LogP contribution in [0.2, 0.25) is 5.28 Å². The second-order valence-corrected chi connectivity index (χ2v) is 7.39. The molecule has 2 aliphatic rings. The van der Waals surface area contributed by atoms with Gasteiger partial charge in [-0.05, 0) is 71.1 Å². The maximum absolute atomic E-state index is 12.8. The molecule has 2 aromatic rings. The van der Waals surface area contributed by atoms with E-state index in [1.54, 1.807) is 6.20 Å². The molecule has 2 fully saturated rings. The van der Waals surface area contributed by atoms with Crippen molar-refractivity contribution < 1.29 is 0 Å². The number of rotatable bonds is 1. The van der Waals surface area contributed by atoms with Gasteiger partial charge in [0.1, 0.15) is 5.65 Å². The molecule has 4 rings (SSSR count). The second kappa shape index (κ2) is 4.53. The number of nitrogens with zero attached hydrogens (tertiary/aromatic N) is 3. The van der Waals surface area contributed by atoms with E-state index in [-0.39, 0.29) is 16.9 Å². The molecular weight excluding hydrogens is 354 g/mol. The molecule has 0 aliphatic heterocycles. The number of pyridine rings is 1. The summed E-state index contributed by atoms with van der Waals surface area (Å²) in [7, 11) is 0. The quantitative estimate of drug-likeness (QED) is 0.714. The molecule has 2 saturated carbocycles. The Morgan fingerprint density at radius 1 is 1.43 bits per heavy atom. The van der Waals surface area contributed by atoms with Gasteiger partial charge >= 0.3 is 0 Å². The molecule has 110 valence electrons. The Kier molecular flexibility index (Phi) is 2.95. The molecule has 4 nitrogen and oxygen atoms in total. The largest absolute Gasteiger partial charge is 0.288 e. The summed E-state index contributed by atoms with van der Waals surface area (Å²) in [4.78, 5) is 21.3. The minimum atomic E-state index is 0.00735. The number of hydrogen-bond donors (Lipinski definition) is 0. The van der Waals surface area contributed by atoms with E-state index in [9.17, 15) is 4.79 Å². The predicted octanol–water partition coefficient (Wildman–Crippen LogP) is 4.02. The maximum atomic E-state index is 12.8. The molecular formula is C15H15BrClN3O. The standard InChI is InChI=1S/C15H15BrClN3O/c1-8-9-7-18-14(17)19-12(9)20(13(21)11(8)16)10-3-2-4-15(10)5-6-15/h7,10H,2-6H2,1H3. The lowest BCUT2D eigenvalue weighted by atomic mass is 9.99. The molecule has 1 atom stereocenters. The van der Waals surface area contributed by atoms with Gasteiger partial charge in [-0.2, -0.15) is 4.98 Å². The van der Waals surface area contributed by atoms with Crippen LogP contribution in [0.1, 0.15) is 43.7 Å². The van der Waals surface area contributed by atoms with Crippen LogP contribution in [0.4, 0.5) is 0 Å². The fourth-order valence-electron chi connectivity index (χ4n) is 3.84. The first-order chi connectivity index (χ1) is 10.0. The SMILES string of the molecule is Cc1c(Br)c(=O)n(C2CCCC23CC3)c2nc(Cl)ncc12. The normalized spacial score (nSPS) is 23.1. The summed E-state index contributed by atoms with van der Waals surface area (Å²) in [6.45, 7) is 1.91. The Morgan fingerprint density at radius 3 is 2.90 bits per heavy atom. The third-order valence-corrected chi connectivity index (χ3v) is 6.29. The highest BCUT2D eigenvalue weighted by atomic mass is 79.9. The van der Waals surface area contributed by atoms with Gasteiger partial charge in [0.15, 0.2) is 0 Å². The average Bonchev–Trinajstić information content (AvgIpc) is 3.12. The number of fused-ring (bicyclic) bond motifs is 1. The second-order valence-electron chi connectivity index (χ2n) is 6.26. The van der Waals surface area contributed by atoms with Gasteiger partial charge in [-0.3, -0.25) is 9.36 Å². The van der Waals surface area contributed by atoms with Crippen molar-refractivity contribution in [3.63, 3.8) is 0 Å². The van der Waals surface area contributed by atoms with E-state index < -0.39 is 0 Å². The summed E-state index contributed by atoms with van der Waals surface area (Å²) in [5, 5.41) is 1.09. The van der Waals surface area contributed by atoms with Crippen molar-refractivity contribution in [1.29, 1.82) is 0 Å². The van der Waals surface area contributed by atoms with Gasteiger partial charge in [-0.15, -0.1) is 0 Å². The monoisotopic (exact) mass is 367 g/mol. The minimum absolute atomic E-state index is 0.00735. The molecule has 1 spiro atoms. The lowest BCUT2D eigenvalue weighted by molar-refractivity contribution is 0.357. The van der Waals surface area contributed by atoms with Gasteiger partial charge in [0.05, 0.1) is 4.47 Å². The van der Waals surface area contributed by atoms with Crippen molar-refractivity contribution in [2.75, 3.05) is 0 Å². The lowest BCUT2D eigenvalue weighted by Crippen LogP contribution is -2.30. The van der Waals surface area contributed by atoms with Crippen LogP contribution in [0.25, 0.3) is 11.0 Å². The van der Waals surface area contributed by atoms with E-state index >= 15 is 0 Å². The van der Waals surface area contributed by atoms with Gasteiger partial charge < -0.3 is 0 Å². The third kappa shape index (κ3) is 1.90. The summed E-state index contributed by atoms with van der Waals surface area (Å²) in [6.07, 6.45) is 7.60. The van der Waals surface area contributed by atoms with Crippen molar-refractivity contribution in [1.82, 2.24) is 14.5 Å². The number of hydrogen-bond acceptors (Lipinski definition) is 3. The van der Waals surface area contributed by atoms with Gasteiger partial charge in [-0.1, -0.05) is 6.42 Å². The van der Waals surface area contributed by atoms with E-state index in [1.165, 1.54) is 25.7 Å². The van der Waals surface area contributed by atoms with Crippen LogP contribution in [0, 0.1) is 12.3 Å². The molecule has 0 bridgehead atoms. The molecule has 21 heavy (non-hydrogen) atoms. The van der Waals surface area contributed by atoms with Crippen LogP contribution in [0.3, 0.4) is 0 Å². The van der Waals surface area contributed by atoms with E-state index in [4.69, 9.17) is 11.6 Å². The van der Waals surface area contributed by atoms with E-state index in [0.717, 1.165) is 17.4 Å². The highest BCUT2D eigenvalue weighted by Gasteiger charge is 2.53. The smallest absolute Gasteiger partial charge is 0.267 e. The van der Waals surface area contributed by atoms with E-state index in [1.807, 2.05) is 11.5 Å². The van der Waals surface area contributed by atoms with Crippen molar-refractivity contribution in [2.45, 2.75) is 45.1 Å². The Morgan fingerprint density at radius 2 is 2.19 bits per heavy atom. The lowest BCUT2D eigenvalue weighted by Gasteiger charge is -2.24. The van der Waals surface area contributed by atoms with Crippen LogP contribution in [-0.4, -0.2) is 14.5 Å². The van der Waals surface area contributed by atoms with Crippen LogP contribution < -0.4 is 5.56 Å². The molecule has 0 radical (unpaired) electrons. The molecule has 2 heterocycles. The molecule has 0 aromatic carbocycles. The maximum Gasteiger partial charge on any atom is 0.267 e. The fourth-order valence-corrected chi connectivity index (χ4v) is 4.37. The van der Waals surface area contributed by atoms with Crippen molar-refractivity contribution in [2.24, 2.45) is 5.41 Å². The molecule has 0 saturated heterocycles. The summed E-state index contributed by atoms with van der Waals surface area (Å²) in [6, 6.07) is 0.246. The van der Waals surface area contributed by atoms with Crippen molar-refractivity contribution in [3.05, 3.63) is 31.9 Å². The molecule has 6 heteroatoms. The number of halogens is 2. The third-order valence-electron chi connectivity index (χ3n) is 5.17. The molecule has 1 unspecified atom stereocenters. The number of aryl methyl sites for hydroxylation is 1. The molecule has 0 amide bonds. The molecule has 2 aromatic heterocycles. The van der Waals surface area contributed by atoms with Crippen LogP contribution >= 0.6 is 27.5 Å². The van der Waals surface area contributed by atoms with Gasteiger partial charge in [0.25, 0.3) is 5.56 Å².